The third-order valence-electron chi connectivity index (χ3n) is 5.94. The molecule has 0 radical (unpaired) electrons. The Morgan fingerprint density at radius 1 is 1.13 bits per heavy atom. The van der Waals surface area contributed by atoms with E-state index in [1.807, 2.05) is 35.7 Å². The Bertz CT molecular complexity index is 1350. The van der Waals surface area contributed by atoms with Crippen LogP contribution in [0, 0.1) is 5.41 Å². The summed E-state index contributed by atoms with van der Waals surface area (Å²) in [5, 5.41) is 6.64. The van der Waals surface area contributed by atoms with E-state index in [-0.39, 0.29) is 17.1 Å². The summed E-state index contributed by atoms with van der Waals surface area (Å²) in [5.41, 5.74) is 3.10. The van der Waals surface area contributed by atoms with Gasteiger partial charge in [-0.25, -0.2) is 14.5 Å². The highest BCUT2D eigenvalue weighted by atomic mass is 32.1. The zero-order chi connectivity index (χ0) is 21.2. The number of Topliss-reactive ketones (excluding diaryl/α,β-unsaturated/α-hetero) is 1. The maximum absolute atomic E-state index is 13.4. The van der Waals surface area contributed by atoms with Gasteiger partial charge in [-0.3, -0.25) is 4.79 Å². The Morgan fingerprint density at radius 2 is 1.97 bits per heavy atom. The average molecular weight is 429 g/mol. The molecular formula is C24H20N4O2S. The third kappa shape index (κ3) is 2.91. The van der Waals surface area contributed by atoms with E-state index >= 15 is 0 Å². The van der Waals surface area contributed by atoms with Crippen molar-refractivity contribution in [3.63, 3.8) is 0 Å². The quantitative estimate of drug-likeness (QED) is 0.448. The SMILES string of the molecule is CC1(C)CC(=O)C2=C(C1)Oc1ncn3nc(-c4cccs4)nc3c1[C@H]2c1ccccc1. The smallest absolute Gasteiger partial charge is 0.228 e. The van der Waals surface area contributed by atoms with E-state index < -0.39 is 0 Å². The van der Waals surface area contributed by atoms with Crippen molar-refractivity contribution >= 4 is 22.8 Å². The van der Waals surface area contributed by atoms with Gasteiger partial charge in [0.05, 0.1) is 10.4 Å². The van der Waals surface area contributed by atoms with Gasteiger partial charge in [-0.1, -0.05) is 50.2 Å². The largest absolute Gasteiger partial charge is 0.442 e. The highest BCUT2D eigenvalue weighted by Gasteiger charge is 2.43. The van der Waals surface area contributed by atoms with Gasteiger partial charge < -0.3 is 4.74 Å². The number of hydrogen-bond donors (Lipinski definition) is 0. The molecular weight excluding hydrogens is 408 g/mol. The van der Waals surface area contributed by atoms with Crippen LogP contribution in [-0.4, -0.2) is 25.4 Å². The van der Waals surface area contributed by atoms with Gasteiger partial charge in [0.25, 0.3) is 0 Å². The molecule has 0 saturated heterocycles. The molecule has 6 rings (SSSR count). The summed E-state index contributed by atoms with van der Waals surface area (Å²) in [5.74, 6) is 1.74. The van der Waals surface area contributed by atoms with Crippen LogP contribution >= 0.6 is 11.3 Å². The van der Waals surface area contributed by atoms with Crippen molar-refractivity contribution in [2.24, 2.45) is 5.41 Å². The number of carbonyl (C=O) groups excluding carboxylic acids is 1. The molecule has 3 aromatic heterocycles. The van der Waals surface area contributed by atoms with E-state index in [2.05, 4.69) is 36.1 Å². The van der Waals surface area contributed by atoms with Crippen LogP contribution in [0.25, 0.3) is 16.3 Å². The Morgan fingerprint density at radius 3 is 2.74 bits per heavy atom. The lowest BCUT2D eigenvalue weighted by molar-refractivity contribution is -0.118. The number of nitrogens with zero attached hydrogens (tertiary/aromatic N) is 4. The molecule has 0 amide bonds. The third-order valence-corrected chi connectivity index (χ3v) is 6.80. The second-order valence-corrected chi connectivity index (χ2v) is 9.82. The van der Waals surface area contributed by atoms with Crippen molar-refractivity contribution < 1.29 is 9.53 Å². The molecule has 1 aliphatic carbocycles. The molecule has 0 N–H and O–H groups in total. The van der Waals surface area contributed by atoms with Crippen LogP contribution in [0.1, 0.15) is 43.7 Å². The number of hydrogen-bond acceptors (Lipinski definition) is 6. The van der Waals surface area contributed by atoms with Gasteiger partial charge in [0.1, 0.15) is 12.1 Å². The molecule has 0 bridgehead atoms. The van der Waals surface area contributed by atoms with E-state index in [0.717, 1.165) is 27.3 Å². The summed E-state index contributed by atoms with van der Waals surface area (Å²) in [4.78, 5) is 23.8. The van der Waals surface area contributed by atoms with Crippen LogP contribution in [0.5, 0.6) is 5.88 Å². The summed E-state index contributed by atoms with van der Waals surface area (Å²) in [6.45, 7) is 4.21. The lowest BCUT2D eigenvalue weighted by Gasteiger charge is -2.37. The van der Waals surface area contributed by atoms with Crippen molar-refractivity contribution in [3.8, 4) is 16.6 Å². The minimum Gasteiger partial charge on any atom is -0.442 e. The van der Waals surface area contributed by atoms with Gasteiger partial charge >= 0.3 is 0 Å². The van der Waals surface area contributed by atoms with Crippen LogP contribution < -0.4 is 4.74 Å². The Hall–Kier alpha value is -3.32. The van der Waals surface area contributed by atoms with Crippen LogP contribution in [-0.2, 0) is 4.79 Å². The number of benzene rings is 1. The predicted molar refractivity (Wildman–Crippen MR) is 118 cm³/mol. The van der Waals surface area contributed by atoms with Gasteiger partial charge in [0, 0.05) is 24.3 Å². The highest BCUT2D eigenvalue weighted by Crippen LogP contribution is 2.50. The molecule has 6 nitrogen and oxygen atoms in total. The molecule has 0 fully saturated rings. The maximum Gasteiger partial charge on any atom is 0.228 e. The predicted octanol–water partition coefficient (Wildman–Crippen LogP) is 5.02. The summed E-state index contributed by atoms with van der Waals surface area (Å²) >= 11 is 1.59. The van der Waals surface area contributed by atoms with Crippen LogP contribution in [0.3, 0.4) is 0 Å². The zero-order valence-corrected chi connectivity index (χ0v) is 18.0. The molecule has 2 aliphatic rings. The highest BCUT2D eigenvalue weighted by molar-refractivity contribution is 7.13. The van der Waals surface area contributed by atoms with Gasteiger partial charge in [0.2, 0.25) is 5.88 Å². The molecule has 1 atom stereocenters. The molecule has 31 heavy (non-hydrogen) atoms. The zero-order valence-electron chi connectivity index (χ0n) is 17.2. The second-order valence-electron chi connectivity index (χ2n) is 8.87. The lowest BCUT2D eigenvalue weighted by Crippen LogP contribution is -2.33. The molecule has 0 saturated carbocycles. The van der Waals surface area contributed by atoms with Gasteiger partial charge in [-0.05, 0) is 22.4 Å². The standard InChI is InChI=1S/C24H20N4O2S/c1-24(2)11-15(29)19-16(12-24)30-23-20(18(19)14-7-4-3-5-8-14)22-26-21(17-9-6-10-31-17)27-28(22)13-25-23/h3-10,13,18H,11-12H2,1-2H3/t18-/m0/s1. The molecule has 0 spiro atoms. The summed E-state index contributed by atoms with van der Waals surface area (Å²) in [6, 6.07) is 14.1. The number of thiophene rings is 1. The molecule has 4 heterocycles. The first-order chi connectivity index (χ1) is 15.0. The van der Waals surface area contributed by atoms with Crippen molar-refractivity contribution in [1.29, 1.82) is 0 Å². The minimum atomic E-state index is -0.278. The molecule has 4 aromatic rings. The van der Waals surface area contributed by atoms with Crippen LogP contribution in [0.2, 0.25) is 0 Å². The molecule has 154 valence electrons. The second kappa shape index (κ2) is 6.59. The normalized spacial score (nSPS) is 19.8. The fraction of sp³-hybridized carbons (Fsp3) is 0.250. The van der Waals surface area contributed by atoms with E-state index in [1.54, 1.807) is 22.2 Å². The van der Waals surface area contributed by atoms with Gasteiger partial charge in [-0.2, -0.15) is 0 Å². The van der Waals surface area contributed by atoms with Crippen molar-refractivity contribution in [2.45, 2.75) is 32.6 Å². The van der Waals surface area contributed by atoms with E-state index in [9.17, 15) is 4.79 Å². The molecule has 7 heteroatoms. The minimum absolute atomic E-state index is 0.130. The monoisotopic (exact) mass is 428 g/mol. The maximum atomic E-state index is 13.4. The van der Waals surface area contributed by atoms with Gasteiger partial charge in [-0.15, -0.1) is 16.4 Å². The Balaban J connectivity index is 1.62. The molecule has 1 aromatic carbocycles. The first-order valence-electron chi connectivity index (χ1n) is 10.3. The van der Waals surface area contributed by atoms with E-state index in [0.29, 0.717) is 30.2 Å². The fourth-order valence-electron chi connectivity index (χ4n) is 4.63. The number of ether oxygens (including phenoxy) is 1. The van der Waals surface area contributed by atoms with E-state index in [1.165, 1.54) is 0 Å². The Kier molecular flexibility index (Phi) is 3.92. The summed E-state index contributed by atoms with van der Waals surface area (Å²) in [7, 11) is 0. The first-order valence-corrected chi connectivity index (χ1v) is 11.2. The fourth-order valence-corrected chi connectivity index (χ4v) is 5.29. The Labute approximate surface area is 183 Å². The van der Waals surface area contributed by atoms with Crippen molar-refractivity contribution in [3.05, 3.63) is 76.6 Å². The van der Waals surface area contributed by atoms with E-state index in [4.69, 9.17) is 9.72 Å². The number of rotatable bonds is 2. The number of carbonyl (C=O) groups is 1. The lowest BCUT2D eigenvalue weighted by atomic mass is 9.70. The number of ketones is 1. The van der Waals surface area contributed by atoms with Crippen molar-refractivity contribution in [1.82, 2.24) is 19.6 Å². The average Bonchev–Trinajstić information content (AvgIpc) is 3.41. The number of allylic oxidation sites excluding steroid dienone is 2. The van der Waals surface area contributed by atoms with Gasteiger partial charge in [0.15, 0.2) is 17.3 Å². The summed E-state index contributed by atoms with van der Waals surface area (Å²) < 4.78 is 7.96. The van der Waals surface area contributed by atoms with Crippen LogP contribution in [0.4, 0.5) is 0 Å². The van der Waals surface area contributed by atoms with Crippen molar-refractivity contribution in [2.75, 3.05) is 0 Å². The molecule has 0 unspecified atom stereocenters. The number of aromatic nitrogens is 4. The first kappa shape index (κ1) is 18.4. The topological polar surface area (TPSA) is 69.4 Å². The number of fused-ring (bicyclic) bond motifs is 3. The molecule has 1 aliphatic heterocycles. The summed E-state index contributed by atoms with van der Waals surface area (Å²) in [6.07, 6.45) is 2.84. The van der Waals surface area contributed by atoms with Crippen LogP contribution in [0.15, 0.2) is 65.5 Å².